The number of allylic oxidation sites excluding steroid dienone is 1. The van der Waals surface area contributed by atoms with Crippen molar-refractivity contribution in [3.05, 3.63) is 42.0 Å². The molecule has 1 aliphatic heterocycles. The molecule has 0 bridgehead atoms. The second-order valence-corrected chi connectivity index (χ2v) is 5.86. The van der Waals surface area contributed by atoms with Crippen molar-refractivity contribution < 1.29 is 22.8 Å². The molecular weight excluding hydrogens is 309 g/mol. The second-order valence-electron chi connectivity index (χ2n) is 5.86. The number of benzene rings is 1. The average Bonchev–Trinajstić information content (AvgIpc) is 2.88. The highest BCUT2D eigenvalue weighted by Crippen LogP contribution is 2.35. The van der Waals surface area contributed by atoms with E-state index >= 15 is 0 Å². The summed E-state index contributed by atoms with van der Waals surface area (Å²) >= 11 is 0. The van der Waals surface area contributed by atoms with Crippen LogP contribution in [0.4, 0.5) is 13.2 Å². The molecule has 1 aliphatic rings. The Morgan fingerprint density at radius 1 is 1.26 bits per heavy atom. The molecule has 124 valence electrons. The number of hydrogen-bond acceptors (Lipinski definition) is 2. The van der Waals surface area contributed by atoms with Crippen molar-refractivity contribution in [1.82, 2.24) is 4.90 Å². The lowest BCUT2D eigenvalue weighted by atomic mass is 9.89. The minimum atomic E-state index is -4.65. The molecule has 1 unspecified atom stereocenters. The number of hydrogen-bond donors (Lipinski definition) is 1. The van der Waals surface area contributed by atoms with Crippen molar-refractivity contribution >= 4 is 17.4 Å². The Morgan fingerprint density at radius 3 is 2.35 bits per heavy atom. The molecule has 2 amide bonds. The van der Waals surface area contributed by atoms with Crippen molar-refractivity contribution in [3.63, 3.8) is 0 Å². The van der Waals surface area contributed by atoms with E-state index in [1.165, 1.54) is 29.2 Å². The highest BCUT2D eigenvalue weighted by molar-refractivity contribution is 5.97. The Hall–Kier alpha value is -2.31. The summed E-state index contributed by atoms with van der Waals surface area (Å²) in [6.45, 7) is 1.83. The van der Waals surface area contributed by atoms with E-state index in [2.05, 4.69) is 0 Å². The van der Waals surface area contributed by atoms with Gasteiger partial charge in [0.15, 0.2) is 0 Å². The topological polar surface area (TPSA) is 63.4 Å². The van der Waals surface area contributed by atoms with Gasteiger partial charge in [-0.3, -0.25) is 9.59 Å². The van der Waals surface area contributed by atoms with Gasteiger partial charge in [0.25, 0.3) is 0 Å². The minimum Gasteiger partial charge on any atom is -0.369 e. The van der Waals surface area contributed by atoms with E-state index in [1.807, 2.05) is 0 Å². The molecule has 23 heavy (non-hydrogen) atoms. The Bertz CT molecular complexity index is 640. The second kappa shape index (κ2) is 6.06. The zero-order chi connectivity index (χ0) is 17.3. The smallest absolute Gasteiger partial charge is 0.369 e. The van der Waals surface area contributed by atoms with Crippen LogP contribution < -0.4 is 5.73 Å². The standard InChI is InChI=1S/C16H17F3N2O2/c1-15(14(20)23)7-8-21(10-15)13(22)9-12(16(17,18)19)11-5-3-2-4-6-11/h2-6,9H,7-8,10H2,1H3,(H2,20,23). The molecule has 1 heterocycles. The number of nitrogens with two attached hydrogens (primary N) is 1. The maximum absolute atomic E-state index is 13.2. The quantitative estimate of drug-likeness (QED) is 0.867. The largest absolute Gasteiger partial charge is 0.417 e. The first-order valence-corrected chi connectivity index (χ1v) is 7.07. The molecule has 0 aromatic heterocycles. The molecule has 1 atom stereocenters. The molecule has 2 N–H and O–H groups in total. The molecule has 1 saturated heterocycles. The molecule has 7 heteroatoms. The lowest BCUT2D eigenvalue weighted by molar-refractivity contribution is -0.128. The van der Waals surface area contributed by atoms with Crippen molar-refractivity contribution in [2.75, 3.05) is 13.1 Å². The molecule has 1 fully saturated rings. The zero-order valence-corrected chi connectivity index (χ0v) is 12.6. The van der Waals surface area contributed by atoms with Crippen LogP contribution in [0.15, 0.2) is 36.4 Å². The number of likely N-dealkylation sites (tertiary alicyclic amines) is 1. The van der Waals surface area contributed by atoms with Gasteiger partial charge in [-0.2, -0.15) is 13.2 Å². The Balaban J connectivity index is 2.27. The number of alkyl halides is 3. The highest BCUT2D eigenvalue weighted by Gasteiger charge is 2.41. The first-order valence-electron chi connectivity index (χ1n) is 7.07. The summed E-state index contributed by atoms with van der Waals surface area (Å²) in [5.74, 6) is -1.33. The minimum absolute atomic E-state index is 0.0254. The van der Waals surface area contributed by atoms with Crippen molar-refractivity contribution in [2.24, 2.45) is 11.1 Å². The lowest BCUT2D eigenvalue weighted by Gasteiger charge is -2.21. The fraction of sp³-hybridized carbons (Fsp3) is 0.375. The first-order chi connectivity index (χ1) is 10.6. The molecular formula is C16H17F3N2O2. The van der Waals surface area contributed by atoms with Crippen LogP contribution in [-0.4, -0.2) is 36.0 Å². The third-order valence-corrected chi connectivity index (χ3v) is 4.04. The van der Waals surface area contributed by atoms with Crippen LogP contribution >= 0.6 is 0 Å². The van der Waals surface area contributed by atoms with Gasteiger partial charge in [0, 0.05) is 19.2 Å². The number of nitrogens with zero attached hydrogens (tertiary/aromatic N) is 1. The average molecular weight is 326 g/mol. The first kappa shape index (κ1) is 17.1. The van der Waals surface area contributed by atoms with Crippen LogP contribution in [0.3, 0.4) is 0 Å². The van der Waals surface area contributed by atoms with E-state index in [0.717, 1.165) is 0 Å². The summed E-state index contributed by atoms with van der Waals surface area (Å²) in [5.41, 5.74) is 3.31. The highest BCUT2D eigenvalue weighted by atomic mass is 19.4. The van der Waals surface area contributed by atoms with Gasteiger partial charge in [0.05, 0.1) is 11.0 Å². The summed E-state index contributed by atoms with van der Waals surface area (Å²) in [6.07, 6.45) is -3.72. The molecule has 0 saturated carbocycles. The molecule has 2 rings (SSSR count). The number of primary amides is 1. The predicted molar refractivity (Wildman–Crippen MR) is 79.0 cm³/mol. The van der Waals surface area contributed by atoms with E-state index in [0.29, 0.717) is 12.5 Å². The predicted octanol–water partition coefficient (Wildman–Crippen LogP) is 2.36. The molecule has 1 aromatic rings. The van der Waals surface area contributed by atoms with Crippen LogP contribution in [0.5, 0.6) is 0 Å². The molecule has 0 aliphatic carbocycles. The van der Waals surface area contributed by atoms with Gasteiger partial charge in [-0.1, -0.05) is 30.3 Å². The third kappa shape index (κ3) is 3.72. The maximum atomic E-state index is 13.2. The van der Waals surface area contributed by atoms with Crippen LogP contribution in [0, 0.1) is 5.41 Å². The van der Waals surface area contributed by atoms with Gasteiger partial charge in [-0.15, -0.1) is 0 Å². The van der Waals surface area contributed by atoms with E-state index in [1.54, 1.807) is 13.0 Å². The van der Waals surface area contributed by atoms with Gasteiger partial charge in [0.2, 0.25) is 11.8 Å². The number of amides is 2. The monoisotopic (exact) mass is 326 g/mol. The van der Waals surface area contributed by atoms with Crippen LogP contribution in [0.25, 0.3) is 5.57 Å². The zero-order valence-electron chi connectivity index (χ0n) is 12.6. The van der Waals surface area contributed by atoms with E-state index in [-0.39, 0.29) is 18.7 Å². The molecule has 1 aromatic carbocycles. The fourth-order valence-electron chi connectivity index (χ4n) is 2.51. The summed E-state index contributed by atoms with van der Waals surface area (Å²) in [7, 11) is 0. The Labute approximate surface area is 131 Å². The number of rotatable bonds is 3. The SMILES string of the molecule is CC1(C(N)=O)CCN(C(=O)C=C(c2ccccc2)C(F)(F)F)C1. The normalized spacial score (nSPS) is 22.3. The summed E-state index contributed by atoms with van der Waals surface area (Å²) in [6, 6.07) is 7.13. The van der Waals surface area contributed by atoms with Crippen molar-refractivity contribution in [2.45, 2.75) is 19.5 Å². The summed E-state index contributed by atoms with van der Waals surface area (Å²) in [4.78, 5) is 24.8. The number of carbonyl (C=O) groups is 2. The fourth-order valence-corrected chi connectivity index (χ4v) is 2.51. The Morgan fingerprint density at radius 2 is 1.87 bits per heavy atom. The van der Waals surface area contributed by atoms with Crippen LogP contribution in [0.1, 0.15) is 18.9 Å². The molecule has 4 nitrogen and oxygen atoms in total. The van der Waals surface area contributed by atoms with E-state index in [4.69, 9.17) is 5.73 Å². The van der Waals surface area contributed by atoms with Crippen molar-refractivity contribution in [3.8, 4) is 0 Å². The third-order valence-electron chi connectivity index (χ3n) is 4.04. The van der Waals surface area contributed by atoms with Crippen molar-refractivity contribution in [1.29, 1.82) is 0 Å². The van der Waals surface area contributed by atoms with Gasteiger partial charge in [-0.05, 0) is 18.9 Å². The number of carbonyl (C=O) groups excluding carboxylic acids is 2. The number of halogens is 3. The Kier molecular flexibility index (Phi) is 4.49. The molecule has 0 spiro atoms. The van der Waals surface area contributed by atoms with E-state index in [9.17, 15) is 22.8 Å². The summed E-state index contributed by atoms with van der Waals surface area (Å²) < 4.78 is 39.7. The molecule has 0 radical (unpaired) electrons. The van der Waals surface area contributed by atoms with Gasteiger partial charge in [-0.25, -0.2) is 0 Å². The lowest BCUT2D eigenvalue weighted by Crippen LogP contribution is -2.38. The van der Waals surface area contributed by atoms with Gasteiger partial charge < -0.3 is 10.6 Å². The van der Waals surface area contributed by atoms with Crippen LogP contribution in [0.2, 0.25) is 0 Å². The van der Waals surface area contributed by atoms with Crippen LogP contribution in [-0.2, 0) is 9.59 Å². The van der Waals surface area contributed by atoms with Gasteiger partial charge in [0.1, 0.15) is 0 Å². The van der Waals surface area contributed by atoms with Gasteiger partial charge >= 0.3 is 6.18 Å². The summed E-state index contributed by atoms with van der Waals surface area (Å²) in [5, 5.41) is 0. The van der Waals surface area contributed by atoms with E-state index < -0.39 is 29.0 Å². The maximum Gasteiger partial charge on any atom is 0.417 e.